The number of benzene rings is 1. The molecule has 1 atom stereocenters. The van der Waals surface area contributed by atoms with Gasteiger partial charge >= 0.3 is 0 Å². The molecular weight excluding hydrogens is 314 g/mol. The van der Waals surface area contributed by atoms with Crippen LogP contribution in [0.4, 0.5) is 0 Å². The van der Waals surface area contributed by atoms with Crippen molar-refractivity contribution in [2.45, 2.75) is 12.5 Å². The quantitative estimate of drug-likeness (QED) is 0.834. The minimum atomic E-state index is -0.879. The second-order valence-electron chi connectivity index (χ2n) is 5.29. The molecule has 124 valence electrons. The van der Waals surface area contributed by atoms with Gasteiger partial charge in [0.15, 0.2) is 5.76 Å². The second-order valence-corrected chi connectivity index (χ2v) is 5.29. The number of hydrogen-bond acceptors (Lipinski definition) is 6. The Labute approximate surface area is 137 Å². The van der Waals surface area contributed by atoms with Crippen molar-refractivity contribution < 1.29 is 23.6 Å². The SMILES string of the molecule is COc1ccccc1-c1oncc1C(=O)NC1CC(=O)N(C)C1=O. The summed E-state index contributed by atoms with van der Waals surface area (Å²) in [6.45, 7) is 0. The van der Waals surface area contributed by atoms with Gasteiger partial charge in [-0.25, -0.2) is 0 Å². The van der Waals surface area contributed by atoms with Crippen molar-refractivity contribution in [3.63, 3.8) is 0 Å². The minimum absolute atomic E-state index is 0.0592. The molecule has 3 rings (SSSR count). The Balaban J connectivity index is 1.87. The molecule has 0 bridgehead atoms. The topological polar surface area (TPSA) is 102 Å². The minimum Gasteiger partial charge on any atom is -0.496 e. The van der Waals surface area contributed by atoms with E-state index in [1.165, 1.54) is 20.4 Å². The average Bonchev–Trinajstić information content (AvgIpc) is 3.16. The molecule has 1 aliphatic heterocycles. The smallest absolute Gasteiger partial charge is 0.257 e. The maximum absolute atomic E-state index is 12.5. The zero-order chi connectivity index (χ0) is 17.3. The number of nitrogens with one attached hydrogen (secondary N) is 1. The zero-order valence-corrected chi connectivity index (χ0v) is 13.1. The van der Waals surface area contributed by atoms with Gasteiger partial charge in [-0.2, -0.15) is 0 Å². The monoisotopic (exact) mass is 329 g/mol. The van der Waals surface area contributed by atoms with Crippen molar-refractivity contribution in [2.75, 3.05) is 14.2 Å². The molecular formula is C16H15N3O5. The number of rotatable bonds is 4. The van der Waals surface area contributed by atoms with Gasteiger partial charge in [0.1, 0.15) is 17.4 Å². The molecule has 0 spiro atoms. The van der Waals surface area contributed by atoms with Gasteiger partial charge in [0, 0.05) is 7.05 Å². The fourth-order valence-corrected chi connectivity index (χ4v) is 2.53. The Hall–Kier alpha value is -3.16. The fraction of sp³-hybridized carbons (Fsp3) is 0.250. The van der Waals surface area contributed by atoms with Crippen LogP contribution in [0.3, 0.4) is 0 Å². The summed E-state index contributed by atoms with van der Waals surface area (Å²) in [6.07, 6.45) is 1.21. The van der Waals surface area contributed by atoms with Crippen molar-refractivity contribution in [3.8, 4) is 17.1 Å². The Morgan fingerprint density at radius 2 is 2.12 bits per heavy atom. The van der Waals surface area contributed by atoms with E-state index in [1.807, 2.05) is 0 Å². The van der Waals surface area contributed by atoms with Gasteiger partial charge in [-0.3, -0.25) is 19.3 Å². The first-order valence-electron chi connectivity index (χ1n) is 7.22. The Bertz CT molecular complexity index is 814. The van der Waals surface area contributed by atoms with Crippen LogP contribution in [0.5, 0.6) is 5.75 Å². The van der Waals surface area contributed by atoms with Crippen molar-refractivity contribution in [1.29, 1.82) is 0 Å². The average molecular weight is 329 g/mol. The molecule has 24 heavy (non-hydrogen) atoms. The normalized spacial score (nSPS) is 17.2. The van der Waals surface area contributed by atoms with Crippen LogP contribution in [-0.2, 0) is 9.59 Å². The van der Waals surface area contributed by atoms with E-state index in [0.717, 1.165) is 4.90 Å². The third-order valence-corrected chi connectivity index (χ3v) is 3.85. The summed E-state index contributed by atoms with van der Waals surface area (Å²) in [5.41, 5.74) is 0.725. The van der Waals surface area contributed by atoms with Crippen LogP contribution in [0.15, 0.2) is 35.0 Å². The van der Waals surface area contributed by atoms with Crippen LogP contribution < -0.4 is 10.1 Å². The van der Waals surface area contributed by atoms with Gasteiger partial charge in [0.2, 0.25) is 5.91 Å². The lowest BCUT2D eigenvalue weighted by Gasteiger charge is -2.11. The Morgan fingerprint density at radius 3 is 2.79 bits per heavy atom. The van der Waals surface area contributed by atoms with Gasteiger partial charge in [0.25, 0.3) is 11.8 Å². The fourth-order valence-electron chi connectivity index (χ4n) is 2.53. The Morgan fingerprint density at radius 1 is 1.38 bits per heavy atom. The van der Waals surface area contributed by atoms with Gasteiger partial charge in [-0.1, -0.05) is 17.3 Å². The molecule has 1 unspecified atom stereocenters. The molecule has 0 radical (unpaired) electrons. The Kier molecular flexibility index (Phi) is 4.03. The first-order valence-corrected chi connectivity index (χ1v) is 7.22. The number of aromatic nitrogens is 1. The highest BCUT2D eigenvalue weighted by molar-refractivity contribution is 6.08. The molecule has 1 fully saturated rings. The summed E-state index contributed by atoms with van der Waals surface area (Å²) in [4.78, 5) is 36.9. The summed E-state index contributed by atoms with van der Waals surface area (Å²) in [5, 5.41) is 6.21. The maximum atomic E-state index is 12.5. The number of para-hydroxylation sites is 1. The molecule has 2 heterocycles. The molecule has 0 aliphatic carbocycles. The van der Waals surface area contributed by atoms with Gasteiger partial charge in [0.05, 0.1) is 25.3 Å². The lowest BCUT2D eigenvalue weighted by Crippen LogP contribution is -2.40. The van der Waals surface area contributed by atoms with Gasteiger partial charge in [-0.15, -0.1) is 0 Å². The predicted octanol–water partition coefficient (Wildman–Crippen LogP) is 0.837. The largest absolute Gasteiger partial charge is 0.496 e. The van der Waals surface area contributed by atoms with Crippen LogP contribution in [-0.4, -0.2) is 48.0 Å². The van der Waals surface area contributed by atoms with E-state index >= 15 is 0 Å². The summed E-state index contributed by atoms with van der Waals surface area (Å²) < 4.78 is 10.5. The molecule has 1 aromatic carbocycles. The van der Waals surface area contributed by atoms with Crippen molar-refractivity contribution in [3.05, 3.63) is 36.0 Å². The number of carbonyl (C=O) groups excluding carboxylic acids is 3. The van der Waals surface area contributed by atoms with Crippen LogP contribution >= 0.6 is 0 Å². The molecule has 8 heteroatoms. The molecule has 1 aliphatic rings. The van der Waals surface area contributed by atoms with Crippen molar-refractivity contribution >= 4 is 17.7 Å². The number of hydrogen-bond donors (Lipinski definition) is 1. The van der Waals surface area contributed by atoms with Gasteiger partial charge in [-0.05, 0) is 12.1 Å². The molecule has 2 aromatic rings. The number of imide groups is 1. The number of amides is 3. The number of carbonyl (C=O) groups is 3. The van der Waals surface area contributed by atoms with Gasteiger partial charge < -0.3 is 14.6 Å². The third kappa shape index (κ3) is 2.62. The molecule has 3 amide bonds. The first kappa shape index (κ1) is 15.7. The number of likely N-dealkylation sites (tertiary alicyclic amines) is 1. The lowest BCUT2D eigenvalue weighted by atomic mass is 10.1. The van der Waals surface area contributed by atoms with Crippen molar-refractivity contribution in [1.82, 2.24) is 15.4 Å². The van der Waals surface area contributed by atoms with E-state index in [0.29, 0.717) is 11.3 Å². The van der Waals surface area contributed by atoms with E-state index < -0.39 is 17.9 Å². The molecule has 0 saturated carbocycles. The standard InChI is InChI=1S/C16H15N3O5/c1-19-13(20)7-11(16(19)22)18-15(21)10-8-17-24-14(10)9-5-3-4-6-12(9)23-2/h3-6,8,11H,7H2,1-2H3,(H,18,21). The highest BCUT2D eigenvalue weighted by Crippen LogP contribution is 2.32. The maximum Gasteiger partial charge on any atom is 0.257 e. The molecule has 8 nitrogen and oxygen atoms in total. The lowest BCUT2D eigenvalue weighted by molar-refractivity contribution is -0.137. The summed E-state index contributed by atoms with van der Waals surface area (Å²) in [7, 11) is 2.89. The molecule has 1 N–H and O–H groups in total. The van der Waals surface area contributed by atoms with E-state index in [-0.39, 0.29) is 23.7 Å². The van der Waals surface area contributed by atoms with E-state index in [2.05, 4.69) is 10.5 Å². The highest BCUT2D eigenvalue weighted by Gasteiger charge is 2.37. The zero-order valence-electron chi connectivity index (χ0n) is 13.1. The number of nitrogens with zero attached hydrogens (tertiary/aromatic N) is 2. The number of methoxy groups -OCH3 is 1. The summed E-state index contributed by atoms with van der Waals surface area (Å²) in [6, 6.07) is 6.14. The van der Waals surface area contributed by atoms with E-state index in [1.54, 1.807) is 24.3 Å². The molecule has 1 aromatic heterocycles. The summed E-state index contributed by atoms with van der Waals surface area (Å²) in [5.74, 6) is -0.562. The van der Waals surface area contributed by atoms with Crippen molar-refractivity contribution in [2.24, 2.45) is 0 Å². The number of ether oxygens (including phenoxy) is 1. The number of likely N-dealkylation sites (N-methyl/N-ethyl adjacent to an activating group) is 1. The first-order chi connectivity index (χ1) is 11.5. The second kappa shape index (κ2) is 6.15. The highest BCUT2D eigenvalue weighted by atomic mass is 16.5. The van der Waals surface area contributed by atoms with E-state index in [4.69, 9.17) is 9.26 Å². The van der Waals surface area contributed by atoms with Crippen LogP contribution in [0.25, 0.3) is 11.3 Å². The van der Waals surface area contributed by atoms with Crippen LogP contribution in [0.2, 0.25) is 0 Å². The molecule has 1 saturated heterocycles. The predicted molar refractivity (Wildman–Crippen MR) is 82.1 cm³/mol. The van der Waals surface area contributed by atoms with Crippen LogP contribution in [0, 0.1) is 0 Å². The summed E-state index contributed by atoms with van der Waals surface area (Å²) >= 11 is 0. The van der Waals surface area contributed by atoms with Crippen LogP contribution in [0.1, 0.15) is 16.8 Å². The van der Waals surface area contributed by atoms with E-state index in [9.17, 15) is 14.4 Å². The third-order valence-electron chi connectivity index (χ3n) is 3.85.